The number of fused-ring (bicyclic) bond motifs is 1. The molecule has 0 fully saturated rings. The maximum atomic E-state index is 13.1. The molecule has 0 unspecified atom stereocenters. The molecule has 1 amide bonds. The van der Waals surface area contributed by atoms with Crippen LogP contribution in [-0.4, -0.2) is 30.0 Å². The molecule has 0 bridgehead atoms. The van der Waals surface area contributed by atoms with Gasteiger partial charge >= 0.3 is 5.97 Å². The number of aromatic nitrogens is 1. The summed E-state index contributed by atoms with van der Waals surface area (Å²) in [5.41, 5.74) is 2.85. The zero-order chi connectivity index (χ0) is 20.1. The molecule has 0 saturated carbocycles. The van der Waals surface area contributed by atoms with Crippen LogP contribution in [0.4, 0.5) is 0 Å². The highest BCUT2D eigenvalue weighted by atomic mass is 16.5. The molecule has 5 nitrogen and oxygen atoms in total. The molecular weight excluding hydrogens is 352 g/mol. The molecule has 1 N–H and O–H groups in total. The molecular formula is C23H24N2O3. The number of nitrogens with one attached hydrogen (secondary N) is 1. The van der Waals surface area contributed by atoms with Gasteiger partial charge in [-0.1, -0.05) is 62.4 Å². The van der Waals surface area contributed by atoms with Gasteiger partial charge in [0.05, 0.1) is 23.9 Å². The number of pyridine rings is 1. The molecule has 144 valence electrons. The summed E-state index contributed by atoms with van der Waals surface area (Å²) in [6, 6.07) is 18.3. The third kappa shape index (κ3) is 4.36. The number of methoxy groups -OCH3 is 1. The van der Waals surface area contributed by atoms with E-state index in [4.69, 9.17) is 9.72 Å². The Morgan fingerprint density at radius 3 is 2.39 bits per heavy atom. The fraction of sp³-hybridized carbons (Fsp3) is 0.261. The van der Waals surface area contributed by atoms with Gasteiger partial charge in [0, 0.05) is 10.9 Å². The van der Waals surface area contributed by atoms with Crippen molar-refractivity contribution in [1.82, 2.24) is 10.3 Å². The number of nitrogens with zero attached hydrogens (tertiary/aromatic N) is 1. The van der Waals surface area contributed by atoms with Crippen molar-refractivity contribution in [1.29, 1.82) is 0 Å². The molecule has 1 atom stereocenters. The zero-order valence-corrected chi connectivity index (χ0v) is 16.3. The molecule has 0 spiro atoms. The first kappa shape index (κ1) is 19.5. The van der Waals surface area contributed by atoms with Gasteiger partial charge in [0.1, 0.15) is 6.04 Å². The summed E-state index contributed by atoms with van der Waals surface area (Å²) < 4.78 is 4.86. The number of amides is 1. The number of ether oxygens (including phenoxy) is 1. The second kappa shape index (κ2) is 8.65. The second-order valence-electron chi connectivity index (χ2n) is 7.12. The van der Waals surface area contributed by atoms with Crippen LogP contribution in [0, 0.1) is 5.92 Å². The Bertz CT molecular complexity index is 984. The van der Waals surface area contributed by atoms with E-state index < -0.39 is 12.0 Å². The van der Waals surface area contributed by atoms with Crippen molar-refractivity contribution in [2.75, 3.05) is 7.11 Å². The second-order valence-corrected chi connectivity index (χ2v) is 7.12. The number of benzene rings is 2. The van der Waals surface area contributed by atoms with E-state index >= 15 is 0 Å². The molecule has 0 saturated heterocycles. The summed E-state index contributed by atoms with van der Waals surface area (Å²) in [7, 11) is 1.33. The van der Waals surface area contributed by atoms with E-state index in [2.05, 4.69) is 5.32 Å². The summed E-state index contributed by atoms with van der Waals surface area (Å²) in [5.74, 6) is -0.519. The molecule has 0 radical (unpaired) electrons. The lowest BCUT2D eigenvalue weighted by Crippen LogP contribution is -2.42. The fourth-order valence-corrected chi connectivity index (χ4v) is 3.18. The van der Waals surface area contributed by atoms with Crippen LogP contribution in [0.1, 0.15) is 30.6 Å². The Balaban J connectivity index is 2.03. The summed E-state index contributed by atoms with van der Waals surface area (Å²) in [4.78, 5) is 29.9. The van der Waals surface area contributed by atoms with E-state index in [0.717, 1.165) is 16.5 Å². The number of esters is 1. The number of hydrogen-bond acceptors (Lipinski definition) is 4. The van der Waals surface area contributed by atoms with E-state index in [0.29, 0.717) is 17.7 Å². The van der Waals surface area contributed by atoms with Crippen LogP contribution in [0.25, 0.3) is 22.2 Å². The van der Waals surface area contributed by atoms with Crippen LogP contribution in [0.2, 0.25) is 0 Å². The summed E-state index contributed by atoms with van der Waals surface area (Å²) >= 11 is 0. The largest absolute Gasteiger partial charge is 0.467 e. The first-order chi connectivity index (χ1) is 13.5. The molecule has 0 aliphatic carbocycles. The lowest BCUT2D eigenvalue weighted by molar-refractivity contribution is -0.143. The first-order valence-corrected chi connectivity index (χ1v) is 9.33. The first-order valence-electron chi connectivity index (χ1n) is 9.33. The van der Waals surface area contributed by atoms with Crippen LogP contribution in [0.5, 0.6) is 0 Å². The lowest BCUT2D eigenvalue weighted by Gasteiger charge is -2.19. The van der Waals surface area contributed by atoms with Gasteiger partial charge in [0.15, 0.2) is 0 Å². The van der Waals surface area contributed by atoms with Crippen molar-refractivity contribution >= 4 is 22.8 Å². The number of carbonyl (C=O) groups excluding carboxylic acids is 2. The summed E-state index contributed by atoms with van der Waals surface area (Å²) in [5, 5.41) is 3.59. The SMILES string of the molecule is COC(=O)[C@H](CC(C)C)NC(=O)c1cc(-c2ccccc2)nc2ccccc12. The highest BCUT2D eigenvalue weighted by Gasteiger charge is 2.24. The fourth-order valence-electron chi connectivity index (χ4n) is 3.18. The summed E-state index contributed by atoms with van der Waals surface area (Å²) in [6.45, 7) is 3.99. The monoisotopic (exact) mass is 376 g/mol. The Morgan fingerprint density at radius 1 is 1.04 bits per heavy atom. The maximum absolute atomic E-state index is 13.1. The molecule has 0 aliphatic heterocycles. The van der Waals surface area contributed by atoms with Crippen molar-refractivity contribution in [3.8, 4) is 11.3 Å². The van der Waals surface area contributed by atoms with Crippen molar-refractivity contribution in [2.45, 2.75) is 26.3 Å². The standard InChI is InChI=1S/C23H24N2O3/c1-15(2)13-21(23(27)28-3)25-22(26)18-14-20(16-9-5-4-6-10-16)24-19-12-8-7-11-17(18)19/h4-12,14-15,21H,13H2,1-3H3,(H,25,26)/t21-/m0/s1. The minimum atomic E-state index is -0.690. The quantitative estimate of drug-likeness (QED) is 0.654. The van der Waals surface area contributed by atoms with Gasteiger partial charge in [0.2, 0.25) is 0 Å². The molecule has 1 heterocycles. The third-order valence-corrected chi connectivity index (χ3v) is 4.53. The summed E-state index contributed by atoms with van der Waals surface area (Å²) in [6.07, 6.45) is 0.507. The van der Waals surface area contributed by atoms with Crippen LogP contribution < -0.4 is 5.32 Å². The molecule has 3 rings (SSSR count). The van der Waals surface area contributed by atoms with Crippen molar-refractivity contribution in [3.63, 3.8) is 0 Å². The minimum Gasteiger partial charge on any atom is -0.467 e. The minimum absolute atomic E-state index is 0.235. The number of rotatable bonds is 6. The zero-order valence-electron chi connectivity index (χ0n) is 16.3. The van der Waals surface area contributed by atoms with Gasteiger partial charge in [-0.25, -0.2) is 9.78 Å². The van der Waals surface area contributed by atoms with Crippen LogP contribution in [0.15, 0.2) is 60.7 Å². The Labute approximate surface area is 164 Å². The normalized spacial score (nSPS) is 12.0. The van der Waals surface area contributed by atoms with Crippen LogP contribution in [0.3, 0.4) is 0 Å². The highest BCUT2D eigenvalue weighted by molar-refractivity contribution is 6.08. The van der Waals surface area contributed by atoms with E-state index in [9.17, 15) is 9.59 Å². The van der Waals surface area contributed by atoms with E-state index in [-0.39, 0.29) is 11.8 Å². The smallest absolute Gasteiger partial charge is 0.328 e. The molecule has 28 heavy (non-hydrogen) atoms. The van der Waals surface area contributed by atoms with Crippen LogP contribution >= 0.6 is 0 Å². The Kier molecular flexibility index (Phi) is 6.04. The number of hydrogen-bond donors (Lipinski definition) is 1. The molecule has 0 aliphatic rings. The maximum Gasteiger partial charge on any atom is 0.328 e. The molecule has 5 heteroatoms. The predicted molar refractivity (Wildman–Crippen MR) is 110 cm³/mol. The number of carbonyl (C=O) groups is 2. The Morgan fingerprint density at radius 2 is 1.71 bits per heavy atom. The van der Waals surface area contributed by atoms with Crippen molar-refractivity contribution in [3.05, 3.63) is 66.2 Å². The van der Waals surface area contributed by atoms with Gasteiger partial charge in [0.25, 0.3) is 5.91 Å². The van der Waals surface area contributed by atoms with Gasteiger partial charge in [-0.2, -0.15) is 0 Å². The van der Waals surface area contributed by atoms with Gasteiger partial charge < -0.3 is 10.1 Å². The van der Waals surface area contributed by atoms with Gasteiger partial charge in [-0.15, -0.1) is 0 Å². The predicted octanol–water partition coefficient (Wildman–Crippen LogP) is 4.22. The lowest BCUT2D eigenvalue weighted by atomic mass is 10.0. The van der Waals surface area contributed by atoms with Crippen molar-refractivity contribution in [2.24, 2.45) is 5.92 Å². The average Bonchev–Trinajstić information content (AvgIpc) is 2.72. The average molecular weight is 376 g/mol. The van der Waals surface area contributed by atoms with Gasteiger partial charge in [-0.3, -0.25) is 4.79 Å². The number of para-hydroxylation sites is 1. The van der Waals surface area contributed by atoms with Gasteiger partial charge in [-0.05, 0) is 24.5 Å². The van der Waals surface area contributed by atoms with E-state index in [1.807, 2.05) is 68.4 Å². The molecule has 1 aromatic heterocycles. The highest BCUT2D eigenvalue weighted by Crippen LogP contribution is 2.25. The Hall–Kier alpha value is -3.21. The van der Waals surface area contributed by atoms with E-state index in [1.165, 1.54) is 7.11 Å². The third-order valence-electron chi connectivity index (χ3n) is 4.53. The molecule has 3 aromatic rings. The molecule has 2 aromatic carbocycles. The van der Waals surface area contributed by atoms with Crippen molar-refractivity contribution < 1.29 is 14.3 Å². The topological polar surface area (TPSA) is 68.3 Å². The van der Waals surface area contributed by atoms with E-state index in [1.54, 1.807) is 6.07 Å². The van der Waals surface area contributed by atoms with Crippen LogP contribution in [-0.2, 0) is 9.53 Å².